The molecule has 0 amide bonds. The molecule has 9 heteroatoms. The molecule has 0 heterocycles. The van der Waals surface area contributed by atoms with Gasteiger partial charge in [-0.1, -0.05) is 12.8 Å². The van der Waals surface area contributed by atoms with Crippen LogP contribution in [0.4, 0.5) is 0 Å². The third kappa shape index (κ3) is 4.02. The summed E-state index contributed by atoms with van der Waals surface area (Å²) in [6.07, 6.45) is 0.337. The minimum atomic E-state index is -4.31. The number of ether oxygens (including phenoxy) is 2. The molecule has 1 aliphatic carbocycles. The van der Waals surface area contributed by atoms with Gasteiger partial charge in [-0.05, 0) is 40.5 Å². The summed E-state index contributed by atoms with van der Waals surface area (Å²) >= 11 is 0. The van der Waals surface area contributed by atoms with Crippen LogP contribution in [0.25, 0.3) is 0 Å². The number of nitrogens with one attached hydrogen (secondary N) is 1. The second-order valence-corrected chi connectivity index (χ2v) is 8.22. The number of carbonyl (C=O) groups is 2. The van der Waals surface area contributed by atoms with E-state index in [1.165, 1.54) is 0 Å². The van der Waals surface area contributed by atoms with Gasteiger partial charge in [0, 0.05) is 0 Å². The lowest BCUT2D eigenvalue weighted by Gasteiger charge is -2.39. The molecule has 0 radical (unpaired) electrons. The average Bonchev–Trinajstić information content (AvgIpc) is 2.45. The molecule has 0 bridgehead atoms. The molecule has 3 N–H and O–H groups in total. The quantitative estimate of drug-likeness (QED) is 0.408. The van der Waals surface area contributed by atoms with E-state index in [1.54, 1.807) is 32.5 Å². The van der Waals surface area contributed by atoms with Gasteiger partial charge in [-0.25, -0.2) is 8.42 Å². The summed E-state index contributed by atoms with van der Waals surface area (Å²) in [6, 6.07) is 0. The molecule has 23 heavy (non-hydrogen) atoms. The number of sulfonamides is 1. The van der Waals surface area contributed by atoms with Gasteiger partial charge in [-0.3, -0.25) is 15.4 Å². The van der Waals surface area contributed by atoms with Crippen molar-refractivity contribution in [1.29, 1.82) is 0 Å². The molecule has 0 aromatic rings. The summed E-state index contributed by atoms with van der Waals surface area (Å²) in [5.41, 5.74) is 0. The third-order valence-corrected chi connectivity index (χ3v) is 5.74. The summed E-state index contributed by atoms with van der Waals surface area (Å²) in [7, 11) is -4.31. The van der Waals surface area contributed by atoms with E-state index in [2.05, 4.69) is 0 Å². The standard InChI is InChI=1S/C14H26N2O6S/c1-9(2)21-12(17)11-7-5-6-8-14(11,23(19,20)16-15)13(18)22-10(3)4/h9-11,16H,5-8,15H2,1-4H3. The van der Waals surface area contributed by atoms with Gasteiger partial charge in [0.1, 0.15) is 0 Å². The van der Waals surface area contributed by atoms with E-state index in [9.17, 15) is 18.0 Å². The van der Waals surface area contributed by atoms with Gasteiger partial charge in [0.25, 0.3) is 0 Å². The van der Waals surface area contributed by atoms with Crippen molar-refractivity contribution in [2.75, 3.05) is 0 Å². The van der Waals surface area contributed by atoms with E-state index >= 15 is 0 Å². The first-order valence-corrected chi connectivity index (χ1v) is 9.20. The highest BCUT2D eigenvalue weighted by Crippen LogP contribution is 2.41. The molecule has 1 rings (SSSR count). The molecule has 0 aromatic carbocycles. The summed E-state index contributed by atoms with van der Waals surface area (Å²) in [6.45, 7) is 6.53. The van der Waals surface area contributed by atoms with Crippen LogP contribution in [0.15, 0.2) is 0 Å². The van der Waals surface area contributed by atoms with E-state index in [0.717, 1.165) is 0 Å². The predicted molar refractivity (Wildman–Crippen MR) is 83.4 cm³/mol. The number of carbonyl (C=O) groups excluding carboxylic acids is 2. The predicted octanol–water partition coefficient (Wildman–Crippen LogP) is 0.612. The Morgan fingerprint density at radius 2 is 1.70 bits per heavy atom. The molecule has 0 aliphatic heterocycles. The summed E-state index contributed by atoms with van der Waals surface area (Å²) in [4.78, 5) is 26.8. The highest BCUT2D eigenvalue weighted by Gasteiger charge is 2.61. The minimum absolute atomic E-state index is 0.0387. The fourth-order valence-electron chi connectivity index (χ4n) is 2.86. The van der Waals surface area contributed by atoms with Gasteiger partial charge in [0.15, 0.2) is 4.75 Å². The number of esters is 2. The lowest BCUT2D eigenvalue weighted by atomic mass is 9.78. The highest BCUT2D eigenvalue weighted by molar-refractivity contribution is 7.91. The molecule has 1 aliphatic rings. The molecule has 1 fully saturated rings. The van der Waals surface area contributed by atoms with Gasteiger partial charge < -0.3 is 9.47 Å². The molecule has 8 nitrogen and oxygen atoms in total. The zero-order valence-corrected chi connectivity index (χ0v) is 14.8. The van der Waals surface area contributed by atoms with Crippen LogP contribution in [-0.2, 0) is 29.1 Å². The van der Waals surface area contributed by atoms with E-state index in [4.69, 9.17) is 15.3 Å². The van der Waals surface area contributed by atoms with Crippen molar-refractivity contribution in [1.82, 2.24) is 4.83 Å². The van der Waals surface area contributed by atoms with Crippen molar-refractivity contribution >= 4 is 22.0 Å². The lowest BCUT2D eigenvalue weighted by Crippen LogP contribution is -2.62. The first-order valence-electron chi connectivity index (χ1n) is 7.72. The van der Waals surface area contributed by atoms with Gasteiger partial charge in [0.05, 0.1) is 18.1 Å². The Morgan fingerprint density at radius 1 is 1.13 bits per heavy atom. The monoisotopic (exact) mass is 350 g/mol. The zero-order valence-electron chi connectivity index (χ0n) is 14.0. The van der Waals surface area contributed by atoms with Gasteiger partial charge >= 0.3 is 11.9 Å². The van der Waals surface area contributed by atoms with Gasteiger partial charge in [0.2, 0.25) is 10.0 Å². The number of rotatable bonds is 6. The van der Waals surface area contributed by atoms with Crippen LogP contribution in [0.2, 0.25) is 0 Å². The molecule has 0 saturated heterocycles. The number of hydrogen-bond acceptors (Lipinski definition) is 7. The van der Waals surface area contributed by atoms with E-state index in [-0.39, 0.29) is 12.8 Å². The van der Waals surface area contributed by atoms with Crippen LogP contribution < -0.4 is 10.7 Å². The number of hydrazine groups is 1. The normalized spacial score (nSPS) is 25.4. The van der Waals surface area contributed by atoms with Crippen molar-refractivity contribution in [2.45, 2.75) is 70.3 Å². The van der Waals surface area contributed by atoms with E-state index in [0.29, 0.717) is 12.8 Å². The van der Waals surface area contributed by atoms with Gasteiger partial charge in [-0.15, -0.1) is 0 Å². The van der Waals surface area contributed by atoms with Crippen molar-refractivity contribution in [3.63, 3.8) is 0 Å². The second-order valence-electron chi connectivity index (χ2n) is 6.25. The van der Waals surface area contributed by atoms with Crippen molar-refractivity contribution in [3.8, 4) is 0 Å². The molecule has 2 atom stereocenters. The number of hydrogen-bond donors (Lipinski definition) is 2. The maximum atomic E-state index is 12.6. The second kappa shape index (κ2) is 7.59. The summed E-state index contributed by atoms with van der Waals surface area (Å²) in [5, 5.41) is 0. The van der Waals surface area contributed by atoms with Crippen LogP contribution in [0, 0.1) is 5.92 Å². The molecule has 134 valence electrons. The first-order chi connectivity index (χ1) is 10.6. The fourth-order valence-corrected chi connectivity index (χ4v) is 4.34. The smallest absolute Gasteiger partial charge is 0.330 e. The Kier molecular flexibility index (Phi) is 6.55. The molecule has 0 aromatic heterocycles. The van der Waals surface area contributed by atoms with Crippen LogP contribution in [0.1, 0.15) is 53.4 Å². The van der Waals surface area contributed by atoms with Crippen molar-refractivity contribution in [3.05, 3.63) is 0 Å². The lowest BCUT2D eigenvalue weighted by molar-refractivity contribution is -0.165. The summed E-state index contributed by atoms with van der Waals surface area (Å²) in [5.74, 6) is 2.32. The Balaban J connectivity index is 3.38. The molecule has 1 saturated carbocycles. The van der Waals surface area contributed by atoms with Crippen LogP contribution in [0.5, 0.6) is 0 Å². The van der Waals surface area contributed by atoms with Crippen LogP contribution >= 0.6 is 0 Å². The Morgan fingerprint density at radius 3 is 2.17 bits per heavy atom. The largest absolute Gasteiger partial charge is 0.463 e. The topological polar surface area (TPSA) is 125 Å². The fraction of sp³-hybridized carbons (Fsp3) is 0.857. The van der Waals surface area contributed by atoms with Crippen LogP contribution in [0.3, 0.4) is 0 Å². The SMILES string of the molecule is CC(C)OC(=O)C1CCCCC1(C(=O)OC(C)C)S(=O)(=O)NN. The van der Waals surface area contributed by atoms with Crippen molar-refractivity contribution < 1.29 is 27.5 Å². The Labute approximate surface area is 137 Å². The van der Waals surface area contributed by atoms with Crippen LogP contribution in [-0.4, -0.2) is 37.3 Å². The van der Waals surface area contributed by atoms with Crippen molar-refractivity contribution in [2.24, 2.45) is 11.8 Å². The molecule has 0 spiro atoms. The molecule has 2 unspecified atom stereocenters. The van der Waals surface area contributed by atoms with E-state index in [1.807, 2.05) is 0 Å². The van der Waals surface area contributed by atoms with E-state index < -0.39 is 44.8 Å². The molecular formula is C14H26N2O6S. The third-order valence-electron chi connectivity index (χ3n) is 3.81. The highest BCUT2D eigenvalue weighted by atomic mass is 32.2. The Bertz CT molecular complexity index is 545. The zero-order chi connectivity index (χ0) is 17.8. The molecular weight excluding hydrogens is 324 g/mol. The number of nitrogens with two attached hydrogens (primary N) is 1. The average molecular weight is 350 g/mol. The first kappa shape index (κ1) is 19.9. The minimum Gasteiger partial charge on any atom is -0.463 e. The maximum absolute atomic E-state index is 12.6. The van der Waals surface area contributed by atoms with Gasteiger partial charge in [-0.2, -0.15) is 4.83 Å². The summed E-state index contributed by atoms with van der Waals surface area (Å²) < 4.78 is 33.4. The Hall–Kier alpha value is -1.19. The maximum Gasteiger partial charge on any atom is 0.330 e.